The Hall–Kier alpha value is -2.44. The Labute approximate surface area is 365 Å². The van der Waals surface area contributed by atoms with Gasteiger partial charge in [-0.25, -0.2) is 0 Å². The van der Waals surface area contributed by atoms with Crippen LogP contribution in [0.25, 0.3) is 0 Å². The molecule has 3 atom stereocenters. The molecule has 0 spiro atoms. The number of nitrogens with one attached hydrogen (secondary N) is 1. The molecule has 0 aliphatic heterocycles. The zero-order valence-electron chi connectivity index (χ0n) is 38.9. The number of aliphatic hydroxyl groups excluding tert-OH is 2. The summed E-state index contributed by atoms with van der Waals surface area (Å²) in [5, 5.41) is 23.7. The van der Waals surface area contributed by atoms with Gasteiger partial charge in [-0.3, -0.25) is 9.59 Å². The second-order valence-corrected chi connectivity index (χ2v) is 16.8. The molecule has 0 saturated heterocycles. The molecular weight excluding hydrogens is 731 g/mol. The molecule has 59 heavy (non-hydrogen) atoms. The zero-order chi connectivity index (χ0) is 43.1. The van der Waals surface area contributed by atoms with Gasteiger partial charge in [-0.2, -0.15) is 0 Å². The van der Waals surface area contributed by atoms with Crippen molar-refractivity contribution in [2.45, 2.75) is 257 Å². The Morgan fingerprint density at radius 3 is 1.29 bits per heavy atom. The largest absolute Gasteiger partial charge is 0.462 e. The Bertz CT molecular complexity index is 1060. The van der Waals surface area contributed by atoms with E-state index in [1.807, 2.05) is 6.08 Å². The van der Waals surface area contributed by atoms with Gasteiger partial charge in [0, 0.05) is 6.42 Å². The number of allylic oxidation sites excluding steroid dienone is 10. The van der Waals surface area contributed by atoms with Crippen LogP contribution in [0, 0.1) is 0 Å². The third-order valence-corrected chi connectivity index (χ3v) is 11.1. The number of amides is 1. The van der Waals surface area contributed by atoms with Crippen LogP contribution in [0.2, 0.25) is 0 Å². The third-order valence-electron chi connectivity index (χ3n) is 11.1. The van der Waals surface area contributed by atoms with Crippen LogP contribution in [0.4, 0.5) is 0 Å². The van der Waals surface area contributed by atoms with Crippen LogP contribution in [0.5, 0.6) is 0 Å². The average Bonchev–Trinajstić information content (AvgIpc) is 3.23. The highest BCUT2D eigenvalue weighted by atomic mass is 16.5. The minimum Gasteiger partial charge on any atom is -0.462 e. The monoisotopic (exact) mass is 826 g/mol. The number of esters is 1. The first kappa shape index (κ1) is 56.6. The van der Waals surface area contributed by atoms with Crippen molar-refractivity contribution in [3.05, 3.63) is 60.8 Å². The lowest BCUT2D eigenvalue weighted by Crippen LogP contribution is -2.46. The standard InChI is InChI=1S/C53H95NO5/c1-4-7-10-13-16-19-21-23-25-27-29-31-34-37-40-43-46-53(58)59-49(44-41-38-35-32-18-15-12-9-6-3)47-52(57)54-50(48-55)51(56)45-42-39-36-33-30-28-26-24-22-20-17-14-11-8-5-2/h7,10,16,19,23,25,29,31,37,40,49-51,55-56H,4-6,8-9,11-15,17-18,20-22,24,26-28,30,32-36,38-39,41-48H2,1-3H3,(H,54,57)/b10-7+,19-16+,25-23+,31-29+,40-37+. The summed E-state index contributed by atoms with van der Waals surface area (Å²) in [5.41, 5.74) is 0. The Morgan fingerprint density at radius 2 is 0.881 bits per heavy atom. The van der Waals surface area contributed by atoms with E-state index in [0.29, 0.717) is 19.3 Å². The molecule has 0 aliphatic rings. The van der Waals surface area contributed by atoms with Crippen molar-refractivity contribution in [3.8, 4) is 0 Å². The van der Waals surface area contributed by atoms with Gasteiger partial charge in [0.1, 0.15) is 6.10 Å². The molecule has 0 heterocycles. The third kappa shape index (κ3) is 42.1. The lowest BCUT2D eigenvalue weighted by atomic mass is 10.0. The molecule has 0 rings (SSSR count). The highest BCUT2D eigenvalue weighted by molar-refractivity contribution is 5.77. The maximum atomic E-state index is 13.1. The van der Waals surface area contributed by atoms with Gasteiger partial charge in [0.05, 0.1) is 25.2 Å². The molecular formula is C53H95NO5. The molecule has 6 nitrogen and oxygen atoms in total. The summed E-state index contributed by atoms with van der Waals surface area (Å²) in [5.74, 6) is -0.572. The van der Waals surface area contributed by atoms with E-state index in [2.05, 4.69) is 80.8 Å². The molecule has 0 saturated carbocycles. The second-order valence-electron chi connectivity index (χ2n) is 16.8. The van der Waals surface area contributed by atoms with Crippen LogP contribution in [-0.4, -0.2) is 46.9 Å². The van der Waals surface area contributed by atoms with Gasteiger partial charge in [-0.05, 0) is 57.8 Å². The number of unbranched alkanes of at least 4 members (excludes halogenated alkanes) is 22. The van der Waals surface area contributed by atoms with E-state index < -0.39 is 18.2 Å². The summed E-state index contributed by atoms with van der Waals surface area (Å²) >= 11 is 0. The van der Waals surface area contributed by atoms with Gasteiger partial charge >= 0.3 is 5.97 Å². The molecule has 0 aromatic rings. The number of hydrogen-bond acceptors (Lipinski definition) is 5. The van der Waals surface area contributed by atoms with Crippen LogP contribution < -0.4 is 5.32 Å². The van der Waals surface area contributed by atoms with Crippen molar-refractivity contribution >= 4 is 11.9 Å². The first-order valence-electron chi connectivity index (χ1n) is 25.0. The summed E-state index contributed by atoms with van der Waals surface area (Å²) in [7, 11) is 0. The molecule has 0 aromatic carbocycles. The van der Waals surface area contributed by atoms with E-state index >= 15 is 0 Å². The van der Waals surface area contributed by atoms with E-state index in [-0.39, 0.29) is 31.3 Å². The lowest BCUT2D eigenvalue weighted by molar-refractivity contribution is -0.150. The lowest BCUT2D eigenvalue weighted by Gasteiger charge is -2.24. The van der Waals surface area contributed by atoms with Gasteiger partial charge in [-0.1, -0.05) is 229 Å². The molecule has 0 aromatic heterocycles. The summed E-state index contributed by atoms with van der Waals surface area (Å²) in [4.78, 5) is 26.0. The summed E-state index contributed by atoms with van der Waals surface area (Å²) in [6.45, 7) is 6.34. The van der Waals surface area contributed by atoms with E-state index in [9.17, 15) is 19.8 Å². The fraction of sp³-hybridized carbons (Fsp3) is 0.774. The van der Waals surface area contributed by atoms with Crippen molar-refractivity contribution in [1.82, 2.24) is 5.32 Å². The summed E-state index contributed by atoms with van der Waals surface area (Å²) in [6.07, 6.45) is 57.2. The van der Waals surface area contributed by atoms with Crippen molar-refractivity contribution < 1.29 is 24.5 Å². The Balaban J connectivity index is 4.56. The zero-order valence-corrected chi connectivity index (χ0v) is 38.9. The minimum atomic E-state index is -0.798. The van der Waals surface area contributed by atoms with Crippen LogP contribution in [0.15, 0.2) is 60.8 Å². The number of ether oxygens (including phenoxy) is 1. The van der Waals surface area contributed by atoms with Gasteiger partial charge in [0.25, 0.3) is 0 Å². The molecule has 342 valence electrons. The van der Waals surface area contributed by atoms with Crippen molar-refractivity contribution in [2.75, 3.05) is 6.61 Å². The molecule has 1 amide bonds. The number of carbonyl (C=O) groups excluding carboxylic acids is 2. The first-order chi connectivity index (χ1) is 29.0. The van der Waals surface area contributed by atoms with Gasteiger partial charge in [0.2, 0.25) is 5.91 Å². The molecule has 0 aliphatic carbocycles. The molecule has 6 heteroatoms. The van der Waals surface area contributed by atoms with Crippen LogP contribution in [0.3, 0.4) is 0 Å². The summed E-state index contributed by atoms with van der Waals surface area (Å²) < 4.78 is 5.87. The molecule has 0 bridgehead atoms. The predicted molar refractivity (Wildman–Crippen MR) is 255 cm³/mol. The van der Waals surface area contributed by atoms with E-state index in [1.165, 1.54) is 116 Å². The molecule has 3 unspecified atom stereocenters. The average molecular weight is 826 g/mol. The van der Waals surface area contributed by atoms with E-state index in [0.717, 1.165) is 70.6 Å². The topological polar surface area (TPSA) is 95.9 Å². The SMILES string of the molecule is CC/C=C/C/C=C/C/C=C/C/C=C/C/C=C/CCC(=O)OC(CCCCCCCCCCC)CC(=O)NC(CO)C(O)CCCCCCCCCCCCCCCCC. The number of carbonyl (C=O) groups is 2. The van der Waals surface area contributed by atoms with Crippen LogP contribution in [0.1, 0.15) is 239 Å². The normalized spacial score (nSPS) is 13.8. The van der Waals surface area contributed by atoms with Crippen molar-refractivity contribution in [2.24, 2.45) is 0 Å². The number of aliphatic hydroxyl groups is 2. The quantitative estimate of drug-likeness (QED) is 0.0323. The van der Waals surface area contributed by atoms with E-state index in [1.54, 1.807) is 0 Å². The van der Waals surface area contributed by atoms with Gasteiger partial charge in [-0.15, -0.1) is 0 Å². The molecule has 0 radical (unpaired) electrons. The molecule has 3 N–H and O–H groups in total. The van der Waals surface area contributed by atoms with E-state index in [4.69, 9.17) is 4.74 Å². The second kappa shape index (κ2) is 46.6. The number of hydrogen-bond donors (Lipinski definition) is 3. The summed E-state index contributed by atoms with van der Waals surface area (Å²) in [6, 6.07) is -0.714. The first-order valence-corrected chi connectivity index (χ1v) is 25.0. The fourth-order valence-corrected chi connectivity index (χ4v) is 7.36. The molecule has 0 fully saturated rings. The smallest absolute Gasteiger partial charge is 0.306 e. The van der Waals surface area contributed by atoms with Crippen LogP contribution >= 0.6 is 0 Å². The maximum absolute atomic E-state index is 13.1. The highest BCUT2D eigenvalue weighted by Gasteiger charge is 2.24. The van der Waals surface area contributed by atoms with Gasteiger partial charge in [0.15, 0.2) is 0 Å². The van der Waals surface area contributed by atoms with Crippen molar-refractivity contribution in [1.29, 1.82) is 0 Å². The predicted octanol–water partition coefficient (Wildman–Crippen LogP) is 14.8. The fourth-order valence-electron chi connectivity index (χ4n) is 7.36. The maximum Gasteiger partial charge on any atom is 0.306 e. The van der Waals surface area contributed by atoms with Crippen LogP contribution in [-0.2, 0) is 14.3 Å². The van der Waals surface area contributed by atoms with Crippen molar-refractivity contribution in [3.63, 3.8) is 0 Å². The highest BCUT2D eigenvalue weighted by Crippen LogP contribution is 2.17. The van der Waals surface area contributed by atoms with Gasteiger partial charge < -0.3 is 20.3 Å². The Morgan fingerprint density at radius 1 is 0.508 bits per heavy atom. The number of rotatable bonds is 44. The Kier molecular flexibility index (Phi) is 44.7. The minimum absolute atomic E-state index is 0.0482.